The highest BCUT2D eigenvalue weighted by atomic mass is 16.5. The molecule has 2 aromatic carbocycles. The predicted octanol–water partition coefficient (Wildman–Crippen LogP) is 5.95. The van der Waals surface area contributed by atoms with Crippen molar-refractivity contribution in [1.82, 2.24) is 9.97 Å². The molecule has 0 unspecified atom stereocenters. The minimum atomic E-state index is 0.380. The molecule has 2 N–H and O–H groups in total. The lowest BCUT2D eigenvalue weighted by Crippen LogP contribution is -2.01. The van der Waals surface area contributed by atoms with Gasteiger partial charge in [0, 0.05) is 5.39 Å². The Morgan fingerprint density at radius 2 is 1.32 bits per heavy atom. The quantitative estimate of drug-likeness (QED) is 0.396. The lowest BCUT2D eigenvalue weighted by molar-refractivity contribution is 0.304. The van der Waals surface area contributed by atoms with E-state index in [-0.39, 0.29) is 0 Å². The molecule has 0 aliphatic carbocycles. The maximum absolute atomic E-state index is 5.85. The van der Waals surface area contributed by atoms with Gasteiger partial charge in [-0.3, -0.25) is 0 Å². The first-order valence-corrected chi connectivity index (χ1v) is 10.5. The van der Waals surface area contributed by atoms with Gasteiger partial charge in [-0.2, -0.15) is 0 Å². The van der Waals surface area contributed by atoms with Crippen molar-refractivity contribution in [3.8, 4) is 5.75 Å². The molecule has 148 valence electrons. The number of hydrogen-bond acceptors (Lipinski definition) is 4. The van der Waals surface area contributed by atoms with Crippen molar-refractivity contribution in [2.24, 2.45) is 0 Å². The van der Waals surface area contributed by atoms with E-state index in [1.165, 1.54) is 38.5 Å². The molecule has 0 saturated heterocycles. The van der Waals surface area contributed by atoms with Crippen LogP contribution in [-0.4, -0.2) is 16.6 Å². The number of para-hydroxylation sites is 2. The number of aromatic nitrogens is 2. The zero-order valence-electron chi connectivity index (χ0n) is 16.6. The van der Waals surface area contributed by atoms with E-state index in [1.54, 1.807) is 0 Å². The second kappa shape index (κ2) is 11.3. The van der Waals surface area contributed by atoms with Gasteiger partial charge >= 0.3 is 0 Å². The molecule has 0 atom stereocenters. The molecule has 1 aromatic heterocycles. The Morgan fingerprint density at radius 3 is 2.11 bits per heavy atom. The number of unbranched alkanes of at least 4 members (excludes halogenated alkanes) is 7. The minimum absolute atomic E-state index is 0.380. The molecule has 0 amide bonds. The number of benzene rings is 2. The van der Waals surface area contributed by atoms with Crippen LogP contribution in [0.15, 0.2) is 54.6 Å². The lowest BCUT2D eigenvalue weighted by atomic mass is 10.0. The van der Waals surface area contributed by atoms with Crippen LogP contribution >= 0.6 is 0 Å². The summed E-state index contributed by atoms with van der Waals surface area (Å²) in [7, 11) is 0. The van der Waals surface area contributed by atoms with Crippen LogP contribution in [-0.2, 0) is 6.42 Å². The molecule has 28 heavy (non-hydrogen) atoms. The fourth-order valence-electron chi connectivity index (χ4n) is 3.51. The van der Waals surface area contributed by atoms with Crippen molar-refractivity contribution >= 4 is 16.9 Å². The molecule has 0 aliphatic heterocycles. The van der Waals surface area contributed by atoms with E-state index in [0.717, 1.165) is 48.2 Å². The van der Waals surface area contributed by atoms with Crippen LogP contribution in [0.5, 0.6) is 5.75 Å². The third-order valence-corrected chi connectivity index (χ3v) is 5.02. The highest BCUT2D eigenvalue weighted by Gasteiger charge is 2.05. The summed E-state index contributed by atoms with van der Waals surface area (Å²) in [6, 6.07) is 18.2. The average Bonchev–Trinajstić information content (AvgIpc) is 2.72. The Balaban J connectivity index is 1.22. The van der Waals surface area contributed by atoms with Gasteiger partial charge in [-0.15, -0.1) is 0 Å². The molecule has 0 fully saturated rings. The topological polar surface area (TPSA) is 61.0 Å². The van der Waals surface area contributed by atoms with Gasteiger partial charge in [0.15, 0.2) is 0 Å². The summed E-state index contributed by atoms with van der Waals surface area (Å²) in [6.45, 7) is 0.819. The Morgan fingerprint density at radius 1 is 0.679 bits per heavy atom. The van der Waals surface area contributed by atoms with Gasteiger partial charge in [-0.05, 0) is 37.5 Å². The summed E-state index contributed by atoms with van der Waals surface area (Å²) in [5.74, 6) is 1.35. The first kappa shape index (κ1) is 20.1. The Hall–Kier alpha value is -2.62. The van der Waals surface area contributed by atoms with Crippen molar-refractivity contribution in [3.05, 3.63) is 60.3 Å². The third kappa shape index (κ3) is 6.52. The summed E-state index contributed by atoms with van der Waals surface area (Å²) < 4.78 is 5.73. The fraction of sp³-hybridized carbons (Fsp3) is 0.417. The van der Waals surface area contributed by atoms with Crippen molar-refractivity contribution in [2.45, 2.75) is 57.8 Å². The number of rotatable bonds is 12. The van der Waals surface area contributed by atoms with Gasteiger partial charge in [-0.1, -0.05) is 74.9 Å². The smallest absolute Gasteiger partial charge is 0.220 e. The summed E-state index contributed by atoms with van der Waals surface area (Å²) in [5.41, 5.74) is 7.88. The minimum Gasteiger partial charge on any atom is -0.494 e. The molecule has 4 nitrogen and oxygen atoms in total. The summed E-state index contributed by atoms with van der Waals surface area (Å²) in [5, 5.41) is 1.13. The number of ether oxygens (including phenoxy) is 1. The van der Waals surface area contributed by atoms with Crippen molar-refractivity contribution in [2.75, 3.05) is 12.3 Å². The lowest BCUT2D eigenvalue weighted by Gasteiger charge is -2.07. The number of nitrogens with two attached hydrogens (primary N) is 1. The first-order valence-electron chi connectivity index (χ1n) is 10.5. The Kier molecular flexibility index (Phi) is 8.10. The zero-order chi connectivity index (χ0) is 19.4. The molecule has 0 spiro atoms. The van der Waals surface area contributed by atoms with Gasteiger partial charge in [0.1, 0.15) is 5.75 Å². The fourth-order valence-corrected chi connectivity index (χ4v) is 3.51. The van der Waals surface area contributed by atoms with Gasteiger partial charge in [0.05, 0.1) is 17.8 Å². The predicted molar refractivity (Wildman–Crippen MR) is 117 cm³/mol. The van der Waals surface area contributed by atoms with Crippen LogP contribution in [0.4, 0.5) is 5.95 Å². The van der Waals surface area contributed by atoms with Crippen LogP contribution < -0.4 is 10.5 Å². The maximum atomic E-state index is 5.85. The molecule has 0 radical (unpaired) electrons. The van der Waals surface area contributed by atoms with Crippen LogP contribution in [0.1, 0.15) is 57.1 Å². The number of nitrogen functional groups attached to an aromatic ring is 1. The van der Waals surface area contributed by atoms with Crippen molar-refractivity contribution in [1.29, 1.82) is 0 Å². The molecule has 3 rings (SSSR count). The zero-order valence-corrected chi connectivity index (χ0v) is 16.6. The molecular formula is C24H31N3O. The van der Waals surface area contributed by atoms with E-state index >= 15 is 0 Å². The van der Waals surface area contributed by atoms with Crippen LogP contribution in [0, 0.1) is 0 Å². The van der Waals surface area contributed by atoms with Crippen molar-refractivity contribution < 1.29 is 4.74 Å². The molecule has 1 heterocycles. The number of anilines is 1. The third-order valence-electron chi connectivity index (χ3n) is 5.02. The molecule has 3 aromatic rings. The largest absolute Gasteiger partial charge is 0.494 e. The van der Waals surface area contributed by atoms with Crippen LogP contribution in [0.3, 0.4) is 0 Å². The molecule has 0 bridgehead atoms. The summed E-state index contributed by atoms with van der Waals surface area (Å²) in [6.07, 6.45) is 11.0. The normalized spacial score (nSPS) is 11.0. The highest BCUT2D eigenvalue weighted by molar-refractivity contribution is 5.81. The standard InChI is InChI=1S/C24H31N3O/c25-24-26-22(21-16-11-12-18-23(21)27-24)17-10-5-3-1-2-4-6-13-19-28-20-14-8-7-9-15-20/h7-9,11-12,14-16,18H,1-6,10,13,17,19H2,(H2,25,26,27). The molecule has 4 heteroatoms. The van der Waals surface area contributed by atoms with E-state index < -0.39 is 0 Å². The van der Waals surface area contributed by atoms with E-state index in [4.69, 9.17) is 10.5 Å². The van der Waals surface area contributed by atoms with Gasteiger partial charge < -0.3 is 10.5 Å². The highest BCUT2D eigenvalue weighted by Crippen LogP contribution is 2.19. The second-order valence-corrected chi connectivity index (χ2v) is 7.29. The van der Waals surface area contributed by atoms with E-state index in [0.29, 0.717) is 5.95 Å². The molecule has 0 aliphatic rings. The van der Waals surface area contributed by atoms with Crippen LogP contribution in [0.25, 0.3) is 10.9 Å². The van der Waals surface area contributed by atoms with Crippen LogP contribution in [0.2, 0.25) is 0 Å². The SMILES string of the molecule is Nc1nc(CCCCCCCCCCOc2ccccc2)c2ccccc2n1. The summed E-state index contributed by atoms with van der Waals surface area (Å²) in [4.78, 5) is 8.76. The Bertz CT molecular complexity index is 836. The first-order chi connectivity index (χ1) is 13.8. The van der Waals surface area contributed by atoms with Crippen molar-refractivity contribution in [3.63, 3.8) is 0 Å². The molecule has 0 saturated carbocycles. The number of nitrogens with zero attached hydrogens (tertiary/aromatic N) is 2. The molecular weight excluding hydrogens is 346 g/mol. The second-order valence-electron chi connectivity index (χ2n) is 7.29. The number of hydrogen-bond donors (Lipinski definition) is 1. The van der Waals surface area contributed by atoms with Gasteiger partial charge in [-0.25, -0.2) is 9.97 Å². The van der Waals surface area contributed by atoms with Gasteiger partial charge in [0.25, 0.3) is 0 Å². The Labute approximate surface area is 168 Å². The number of fused-ring (bicyclic) bond motifs is 1. The maximum Gasteiger partial charge on any atom is 0.220 e. The van der Waals surface area contributed by atoms with E-state index in [2.05, 4.69) is 16.0 Å². The number of aryl methyl sites for hydroxylation is 1. The van der Waals surface area contributed by atoms with E-state index in [1.807, 2.05) is 48.5 Å². The summed E-state index contributed by atoms with van der Waals surface area (Å²) >= 11 is 0. The van der Waals surface area contributed by atoms with Gasteiger partial charge in [0.2, 0.25) is 5.95 Å². The monoisotopic (exact) mass is 377 g/mol. The van der Waals surface area contributed by atoms with E-state index in [9.17, 15) is 0 Å². The average molecular weight is 378 g/mol.